The zero-order chi connectivity index (χ0) is 26.2. The van der Waals surface area contributed by atoms with E-state index in [0.717, 1.165) is 22.5 Å². The van der Waals surface area contributed by atoms with E-state index < -0.39 is 5.97 Å². The maximum absolute atomic E-state index is 12.6. The molecule has 4 rings (SSSR count). The zero-order valence-electron chi connectivity index (χ0n) is 20.2. The first kappa shape index (κ1) is 26.0. The lowest BCUT2D eigenvalue weighted by Gasteiger charge is -2.09. The number of carbonyl (C=O) groups excluding carboxylic acids is 2. The Bertz CT molecular complexity index is 1450. The molecule has 0 bridgehead atoms. The van der Waals surface area contributed by atoms with Crippen LogP contribution in [0.2, 0.25) is 0 Å². The number of thiophene rings is 1. The predicted octanol–water partition coefficient (Wildman–Crippen LogP) is 5.74. The number of nitriles is 1. The van der Waals surface area contributed by atoms with Crippen LogP contribution >= 0.6 is 23.1 Å². The van der Waals surface area contributed by atoms with E-state index in [1.807, 2.05) is 60.7 Å². The average Bonchev–Trinajstić information content (AvgIpc) is 3.24. The molecule has 186 valence electrons. The van der Waals surface area contributed by atoms with Gasteiger partial charge in [-0.25, -0.2) is 9.78 Å². The van der Waals surface area contributed by atoms with Crippen LogP contribution in [0.4, 0.5) is 5.00 Å². The maximum atomic E-state index is 12.6. The number of nitrogens with one attached hydrogen (secondary N) is 1. The summed E-state index contributed by atoms with van der Waals surface area (Å²) in [6.07, 6.45) is 0.158. The molecule has 0 spiro atoms. The minimum atomic E-state index is -0.504. The van der Waals surface area contributed by atoms with Crippen molar-refractivity contribution < 1.29 is 14.3 Å². The molecular weight excluding hydrogens is 506 g/mol. The molecule has 37 heavy (non-hydrogen) atoms. The number of thioether (sulfide) groups is 1. The molecule has 4 aromatic rings. The van der Waals surface area contributed by atoms with E-state index in [-0.39, 0.29) is 24.5 Å². The van der Waals surface area contributed by atoms with Gasteiger partial charge in [-0.15, -0.1) is 21.5 Å². The molecule has 0 saturated heterocycles. The summed E-state index contributed by atoms with van der Waals surface area (Å²) in [7, 11) is 0. The van der Waals surface area contributed by atoms with Gasteiger partial charge in [-0.2, -0.15) is 5.26 Å². The van der Waals surface area contributed by atoms with E-state index in [1.54, 1.807) is 13.8 Å². The summed E-state index contributed by atoms with van der Waals surface area (Å²) in [5.74, 6) is -0.378. The Hall–Kier alpha value is -4.07. The van der Waals surface area contributed by atoms with Gasteiger partial charge in [-0.1, -0.05) is 72.4 Å². The molecule has 0 aliphatic heterocycles. The fourth-order valence-corrected chi connectivity index (χ4v) is 5.30. The second kappa shape index (κ2) is 12.3. The van der Waals surface area contributed by atoms with Crippen LogP contribution < -0.4 is 5.32 Å². The molecule has 2 heterocycles. The number of benzene rings is 2. The Morgan fingerprint density at radius 3 is 2.30 bits per heavy atom. The zero-order valence-corrected chi connectivity index (χ0v) is 21.9. The fourth-order valence-electron chi connectivity index (χ4n) is 3.51. The molecule has 1 amide bonds. The number of aromatic nitrogens is 3. The number of anilines is 1. The van der Waals surface area contributed by atoms with Crippen LogP contribution in [0.25, 0.3) is 22.5 Å². The lowest BCUT2D eigenvalue weighted by molar-refractivity contribution is -0.115. The van der Waals surface area contributed by atoms with Crippen molar-refractivity contribution in [3.05, 3.63) is 76.7 Å². The Morgan fingerprint density at radius 2 is 1.68 bits per heavy atom. The van der Waals surface area contributed by atoms with Crippen molar-refractivity contribution in [3.63, 3.8) is 0 Å². The van der Waals surface area contributed by atoms with Gasteiger partial charge in [0.25, 0.3) is 0 Å². The number of nitrogens with zero attached hydrogens (tertiary/aromatic N) is 4. The van der Waals surface area contributed by atoms with Gasteiger partial charge in [0.1, 0.15) is 27.3 Å². The maximum Gasteiger partial charge on any atom is 0.348 e. The van der Waals surface area contributed by atoms with E-state index in [9.17, 15) is 14.9 Å². The first-order valence-corrected chi connectivity index (χ1v) is 13.3. The van der Waals surface area contributed by atoms with E-state index in [2.05, 4.69) is 21.6 Å². The summed E-state index contributed by atoms with van der Waals surface area (Å²) in [5.41, 5.74) is 4.01. The van der Waals surface area contributed by atoms with Crippen molar-refractivity contribution >= 4 is 40.0 Å². The largest absolute Gasteiger partial charge is 0.462 e. The standard InChI is InChI=1S/C27H23N5O3S2/c1-3-35-26(34)24-17(2)20(16-28)25(37-24)29-21(33)14-15-36-27-30-22(18-10-6-4-7-11-18)23(31-32-27)19-12-8-5-9-13-19/h4-13H,3,14-15H2,1-2H3,(H,29,33). The third-order valence-corrected chi connectivity index (χ3v) is 7.32. The highest BCUT2D eigenvalue weighted by Crippen LogP contribution is 2.33. The van der Waals surface area contributed by atoms with E-state index in [1.165, 1.54) is 11.8 Å². The van der Waals surface area contributed by atoms with E-state index in [4.69, 9.17) is 9.72 Å². The number of ether oxygens (including phenoxy) is 1. The summed E-state index contributed by atoms with van der Waals surface area (Å²) in [4.78, 5) is 29.8. The van der Waals surface area contributed by atoms with Crippen LogP contribution in [-0.4, -0.2) is 39.4 Å². The number of rotatable bonds is 9. The summed E-state index contributed by atoms with van der Waals surface area (Å²) < 4.78 is 5.04. The van der Waals surface area contributed by atoms with Gasteiger partial charge in [0.05, 0.1) is 12.2 Å². The van der Waals surface area contributed by atoms with Crippen molar-refractivity contribution in [1.82, 2.24) is 15.2 Å². The predicted molar refractivity (Wildman–Crippen MR) is 144 cm³/mol. The van der Waals surface area contributed by atoms with Crippen LogP contribution in [0.15, 0.2) is 65.8 Å². The molecular formula is C27H23N5O3S2. The first-order valence-electron chi connectivity index (χ1n) is 11.5. The van der Waals surface area contributed by atoms with Gasteiger partial charge >= 0.3 is 5.97 Å². The fraction of sp³-hybridized carbons (Fsp3) is 0.185. The molecule has 2 aromatic carbocycles. The third kappa shape index (κ3) is 6.20. The van der Waals surface area contributed by atoms with E-state index in [0.29, 0.717) is 37.7 Å². The average molecular weight is 530 g/mol. The molecule has 10 heteroatoms. The molecule has 0 saturated carbocycles. The minimum absolute atomic E-state index is 0.158. The number of amides is 1. The first-order chi connectivity index (χ1) is 18.0. The highest BCUT2D eigenvalue weighted by Gasteiger charge is 2.22. The van der Waals surface area contributed by atoms with Crippen LogP contribution in [0, 0.1) is 18.3 Å². The summed E-state index contributed by atoms with van der Waals surface area (Å²) in [6, 6.07) is 21.6. The van der Waals surface area contributed by atoms with E-state index >= 15 is 0 Å². The molecule has 0 fully saturated rings. The molecule has 0 radical (unpaired) electrons. The number of hydrogen-bond donors (Lipinski definition) is 1. The van der Waals surface area contributed by atoms with Crippen molar-refractivity contribution in [2.75, 3.05) is 17.7 Å². The SMILES string of the molecule is CCOC(=O)c1sc(NC(=O)CCSc2nnc(-c3ccccc3)c(-c3ccccc3)n2)c(C#N)c1C. The molecule has 0 unspecified atom stereocenters. The molecule has 0 aliphatic rings. The number of esters is 1. The van der Waals surface area contributed by atoms with Gasteiger partial charge in [0, 0.05) is 23.3 Å². The molecule has 8 nitrogen and oxygen atoms in total. The number of hydrogen-bond acceptors (Lipinski definition) is 9. The van der Waals surface area contributed by atoms with Crippen LogP contribution in [-0.2, 0) is 9.53 Å². The smallest absolute Gasteiger partial charge is 0.348 e. The van der Waals surface area contributed by atoms with Gasteiger partial charge in [-0.05, 0) is 19.4 Å². The minimum Gasteiger partial charge on any atom is -0.462 e. The second-order valence-corrected chi connectivity index (χ2v) is 9.85. The molecule has 0 atom stereocenters. The Labute approximate surface area is 222 Å². The topological polar surface area (TPSA) is 118 Å². The highest BCUT2D eigenvalue weighted by atomic mass is 32.2. The molecule has 1 N–H and O–H groups in total. The van der Waals surface area contributed by atoms with Gasteiger partial charge in [0.2, 0.25) is 11.1 Å². The normalized spacial score (nSPS) is 10.5. The molecule has 2 aromatic heterocycles. The summed E-state index contributed by atoms with van der Waals surface area (Å²) in [5, 5.41) is 21.8. The molecule has 0 aliphatic carbocycles. The number of carbonyl (C=O) groups is 2. The lowest BCUT2D eigenvalue weighted by Crippen LogP contribution is -2.12. The quantitative estimate of drug-likeness (QED) is 0.215. The van der Waals surface area contributed by atoms with Crippen LogP contribution in [0.1, 0.15) is 34.1 Å². The van der Waals surface area contributed by atoms with Crippen molar-refractivity contribution in [1.29, 1.82) is 5.26 Å². The monoisotopic (exact) mass is 529 g/mol. The van der Waals surface area contributed by atoms with Crippen molar-refractivity contribution in [2.24, 2.45) is 0 Å². The Morgan fingerprint density at radius 1 is 1.03 bits per heavy atom. The van der Waals surface area contributed by atoms with Gasteiger partial charge in [-0.3, -0.25) is 4.79 Å². The summed E-state index contributed by atoms with van der Waals surface area (Å²) in [6.45, 7) is 3.61. The highest BCUT2D eigenvalue weighted by molar-refractivity contribution is 7.99. The second-order valence-electron chi connectivity index (χ2n) is 7.76. The lowest BCUT2D eigenvalue weighted by atomic mass is 10.0. The Balaban J connectivity index is 1.45. The Kier molecular flexibility index (Phi) is 8.61. The summed E-state index contributed by atoms with van der Waals surface area (Å²) >= 11 is 2.37. The van der Waals surface area contributed by atoms with Gasteiger partial charge < -0.3 is 10.1 Å². The van der Waals surface area contributed by atoms with Crippen molar-refractivity contribution in [2.45, 2.75) is 25.4 Å². The third-order valence-electron chi connectivity index (χ3n) is 5.29. The van der Waals surface area contributed by atoms with Crippen LogP contribution in [0.5, 0.6) is 0 Å². The van der Waals surface area contributed by atoms with Crippen molar-refractivity contribution in [3.8, 4) is 28.6 Å². The van der Waals surface area contributed by atoms with Gasteiger partial charge in [0.15, 0.2) is 0 Å². The van der Waals surface area contributed by atoms with Crippen LogP contribution in [0.3, 0.4) is 0 Å².